The normalized spacial score (nSPS) is 37.4. The van der Waals surface area contributed by atoms with Crippen LogP contribution in [0.25, 0.3) is 0 Å². The van der Waals surface area contributed by atoms with Crippen LogP contribution in [-0.4, -0.2) is 5.94 Å². The molecule has 0 radical (unpaired) electrons. The van der Waals surface area contributed by atoms with E-state index in [1.165, 1.54) is 38.5 Å². The molecule has 15 heavy (non-hydrogen) atoms. The standard InChI is InChI=1S/C14H22O/c1-11-2-6-13(7-3-11)14-8-4-12(10-15)5-9-14/h11,13-14H,2-9H2,1H3. The second-order valence-electron chi connectivity index (χ2n) is 5.56. The Balaban J connectivity index is 1.83. The molecule has 0 unspecified atom stereocenters. The molecule has 0 saturated heterocycles. The third-order valence-corrected chi connectivity index (χ3v) is 4.51. The van der Waals surface area contributed by atoms with Gasteiger partial charge in [-0.2, -0.15) is 0 Å². The average molecular weight is 206 g/mol. The molecular weight excluding hydrogens is 184 g/mol. The van der Waals surface area contributed by atoms with Crippen molar-refractivity contribution in [1.29, 1.82) is 0 Å². The van der Waals surface area contributed by atoms with E-state index in [1.807, 2.05) is 0 Å². The Labute approximate surface area is 92.9 Å². The van der Waals surface area contributed by atoms with Crippen molar-refractivity contribution in [2.45, 2.75) is 58.3 Å². The van der Waals surface area contributed by atoms with Gasteiger partial charge >= 0.3 is 0 Å². The van der Waals surface area contributed by atoms with Gasteiger partial charge in [-0.3, -0.25) is 0 Å². The second-order valence-corrected chi connectivity index (χ2v) is 5.56. The summed E-state index contributed by atoms with van der Waals surface area (Å²) >= 11 is 0. The van der Waals surface area contributed by atoms with Crippen molar-refractivity contribution >= 4 is 5.94 Å². The summed E-state index contributed by atoms with van der Waals surface area (Å²) in [5, 5.41) is 0. The third kappa shape index (κ3) is 2.72. The zero-order valence-corrected chi connectivity index (χ0v) is 9.80. The summed E-state index contributed by atoms with van der Waals surface area (Å²) in [7, 11) is 0. The van der Waals surface area contributed by atoms with E-state index in [1.54, 1.807) is 0 Å². The number of allylic oxidation sites excluding steroid dienone is 1. The lowest BCUT2D eigenvalue weighted by molar-refractivity contribution is 0.185. The van der Waals surface area contributed by atoms with E-state index in [9.17, 15) is 4.79 Å². The van der Waals surface area contributed by atoms with Crippen LogP contribution in [0.2, 0.25) is 0 Å². The molecule has 1 nitrogen and oxygen atoms in total. The molecule has 0 aliphatic heterocycles. The molecule has 2 rings (SSSR count). The predicted octanol–water partition coefficient (Wildman–Crippen LogP) is 3.76. The first kappa shape index (κ1) is 11.0. The summed E-state index contributed by atoms with van der Waals surface area (Å²) in [6, 6.07) is 0. The van der Waals surface area contributed by atoms with Crippen molar-refractivity contribution in [3.8, 4) is 0 Å². The van der Waals surface area contributed by atoms with E-state index in [-0.39, 0.29) is 0 Å². The maximum atomic E-state index is 10.5. The first-order valence-electron chi connectivity index (χ1n) is 6.52. The molecule has 2 aliphatic rings. The second kappa shape index (κ2) is 4.99. The van der Waals surface area contributed by atoms with Gasteiger partial charge in [-0.05, 0) is 56.3 Å². The minimum atomic E-state index is 0.912. The lowest BCUT2D eigenvalue weighted by Gasteiger charge is -2.35. The highest BCUT2D eigenvalue weighted by atomic mass is 16.1. The van der Waals surface area contributed by atoms with Gasteiger partial charge in [0.05, 0.1) is 0 Å². The van der Waals surface area contributed by atoms with Crippen LogP contribution < -0.4 is 0 Å². The van der Waals surface area contributed by atoms with Crippen molar-refractivity contribution in [2.24, 2.45) is 17.8 Å². The molecule has 0 heterocycles. The van der Waals surface area contributed by atoms with E-state index in [0.29, 0.717) is 0 Å². The van der Waals surface area contributed by atoms with Gasteiger partial charge in [0, 0.05) is 5.57 Å². The smallest absolute Gasteiger partial charge is 0.123 e. The molecule has 0 aromatic rings. The fourth-order valence-corrected chi connectivity index (χ4v) is 3.32. The van der Waals surface area contributed by atoms with Gasteiger partial charge in [0.15, 0.2) is 0 Å². The van der Waals surface area contributed by atoms with Crippen molar-refractivity contribution in [3.05, 3.63) is 5.57 Å². The average Bonchev–Trinajstić information content (AvgIpc) is 2.30. The summed E-state index contributed by atoms with van der Waals surface area (Å²) in [5.74, 6) is 4.93. The van der Waals surface area contributed by atoms with E-state index < -0.39 is 0 Å². The van der Waals surface area contributed by atoms with Crippen molar-refractivity contribution < 1.29 is 4.79 Å². The Kier molecular flexibility index (Phi) is 3.64. The summed E-state index contributed by atoms with van der Waals surface area (Å²) in [4.78, 5) is 10.5. The first-order chi connectivity index (χ1) is 7.29. The highest BCUT2D eigenvalue weighted by Gasteiger charge is 2.28. The Morgan fingerprint density at radius 2 is 1.47 bits per heavy atom. The van der Waals surface area contributed by atoms with E-state index in [2.05, 4.69) is 12.9 Å². The van der Waals surface area contributed by atoms with Gasteiger partial charge < -0.3 is 0 Å². The number of hydrogen-bond donors (Lipinski definition) is 0. The van der Waals surface area contributed by atoms with E-state index in [0.717, 1.165) is 36.2 Å². The van der Waals surface area contributed by atoms with E-state index in [4.69, 9.17) is 0 Å². The predicted molar refractivity (Wildman–Crippen MR) is 62.3 cm³/mol. The van der Waals surface area contributed by atoms with Gasteiger partial charge in [-0.25, -0.2) is 4.79 Å². The van der Waals surface area contributed by atoms with Crippen LogP contribution in [0.5, 0.6) is 0 Å². The van der Waals surface area contributed by atoms with Crippen molar-refractivity contribution in [1.82, 2.24) is 0 Å². The largest absolute Gasteiger partial charge is 0.234 e. The fraction of sp³-hybridized carbons (Fsp3) is 0.857. The molecule has 2 fully saturated rings. The summed E-state index contributed by atoms with van der Waals surface area (Å²) in [6.07, 6.45) is 10.3. The molecule has 1 heteroatoms. The molecule has 0 amide bonds. The fourth-order valence-electron chi connectivity index (χ4n) is 3.32. The molecule has 0 aromatic heterocycles. The molecule has 2 aliphatic carbocycles. The van der Waals surface area contributed by atoms with Gasteiger partial charge in [0.1, 0.15) is 5.94 Å². The molecule has 0 atom stereocenters. The maximum absolute atomic E-state index is 10.5. The van der Waals surface area contributed by atoms with Crippen LogP contribution in [0, 0.1) is 17.8 Å². The van der Waals surface area contributed by atoms with Crippen LogP contribution in [0.15, 0.2) is 5.57 Å². The van der Waals surface area contributed by atoms with Crippen molar-refractivity contribution in [3.63, 3.8) is 0 Å². The zero-order valence-electron chi connectivity index (χ0n) is 9.80. The molecule has 0 bridgehead atoms. The monoisotopic (exact) mass is 206 g/mol. The molecular formula is C14H22O. The summed E-state index contributed by atoms with van der Waals surface area (Å²) < 4.78 is 0. The number of rotatable bonds is 1. The van der Waals surface area contributed by atoms with Crippen LogP contribution in [-0.2, 0) is 4.79 Å². The Morgan fingerprint density at radius 3 is 2.00 bits per heavy atom. The van der Waals surface area contributed by atoms with Gasteiger partial charge in [0.25, 0.3) is 0 Å². The van der Waals surface area contributed by atoms with Crippen LogP contribution in [0.1, 0.15) is 58.3 Å². The Morgan fingerprint density at radius 1 is 0.933 bits per heavy atom. The molecule has 2 saturated carbocycles. The quantitative estimate of drug-likeness (QED) is 0.597. The summed E-state index contributed by atoms with van der Waals surface area (Å²) in [6.45, 7) is 2.38. The highest BCUT2D eigenvalue weighted by Crippen LogP contribution is 2.40. The molecule has 84 valence electrons. The number of hydrogen-bond acceptors (Lipinski definition) is 1. The van der Waals surface area contributed by atoms with Gasteiger partial charge in [-0.15, -0.1) is 0 Å². The molecule has 0 aromatic carbocycles. The molecule has 0 N–H and O–H groups in total. The van der Waals surface area contributed by atoms with Crippen molar-refractivity contribution in [2.75, 3.05) is 0 Å². The van der Waals surface area contributed by atoms with Crippen LogP contribution in [0.4, 0.5) is 0 Å². The van der Waals surface area contributed by atoms with E-state index >= 15 is 0 Å². The van der Waals surface area contributed by atoms with Gasteiger partial charge in [0.2, 0.25) is 0 Å². The lowest BCUT2D eigenvalue weighted by Crippen LogP contribution is -2.23. The van der Waals surface area contributed by atoms with Gasteiger partial charge in [-0.1, -0.05) is 19.8 Å². The lowest BCUT2D eigenvalue weighted by atomic mass is 9.71. The Bertz CT molecular complexity index is 245. The topological polar surface area (TPSA) is 17.1 Å². The first-order valence-corrected chi connectivity index (χ1v) is 6.52. The minimum Gasteiger partial charge on any atom is -0.234 e. The van der Waals surface area contributed by atoms with Crippen LogP contribution in [0.3, 0.4) is 0 Å². The third-order valence-electron chi connectivity index (χ3n) is 4.51. The maximum Gasteiger partial charge on any atom is 0.123 e. The highest BCUT2D eigenvalue weighted by molar-refractivity contribution is 5.52. The molecule has 0 spiro atoms. The SMILES string of the molecule is CC1CCC(C2CCC(=C=O)CC2)CC1. The summed E-state index contributed by atoms with van der Waals surface area (Å²) in [5.41, 5.74) is 1.04. The minimum absolute atomic E-state index is 0.912. The zero-order chi connectivity index (χ0) is 10.7. The Hall–Kier alpha value is -0.550. The number of carbonyl (C=O) groups excluding carboxylic acids is 1. The van der Waals surface area contributed by atoms with Crippen LogP contribution >= 0.6 is 0 Å².